The lowest BCUT2D eigenvalue weighted by atomic mass is 10.0. The molecule has 0 heterocycles. The Morgan fingerprint density at radius 1 is 0.472 bits per heavy atom. The predicted molar refractivity (Wildman–Crippen MR) is 221 cm³/mol. The topological polar surface area (TPSA) is 97.4 Å². The minimum absolute atomic E-state index is 0.0235. The molecule has 0 rings (SSSR count). The Kier molecular flexibility index (Phi) is 38.1. The molecule has 0 saturated carbocycles. The van der Waals surface area contributed by atoms with Gasteiger partial charge in [-0.1, -0.05) is 181 Å². The van der Waals surface area contributed by atoms with Gasteiger partial charge in [-0.05, 0) is 32.1 Å². The summed E-state index contributed by atoms with van der Waals surface area (Å²) < 4.78 is 42.1. The fraction of sp³-hybridized carbons (Fsp3) is 0.909. The molecule has 0 spiro atoms. The van der Waals surface area contributed by atoms with E-state index in [9.17, 15) is 14.2 Å². The summed E-state index contributed by atoms with van der Waals surface area (Å²) in [4.78, 5) is 26.4. The highest BCUT2D eigenvalue weighted by atomic mass is 31.2. The third kappa shape index (κ3) is 33.8. The minimum atomic E-state index is -3.83. The smallest absolute Gasteiger partial charge is 0.458 e. The van der Waals surface area contributed by atoms with Crippen molar-refractivity contribution in [3.63, 3.8) is 0 Å². The summed E-state index contributed by atoms with van der Waals surface area (Å²) >= 11 is 0. The van der Waals surface area contributed by atoms with E-state index in [2.05, 4.69) is 27.4 Å². The summed E-state index contributed by atoms with van der Waals surface area (Å²) in [6, 6.07) is 0. The van der Waals surface area contributed by atoms with E-state index in [0.717, 1.165) is 57.8 Å². The van der Waals surface area contributed by atoms with Crippen molar-refractivity contribution in [1.29, 1.82) is 0 Å². The Hall–Kier alpha value is -1.21. The van der Waals surface area contributed by atoms with Gasteiger partial charge in [-0.2, -0.15) is 0 Å². The van der Waals surface area contributed by atoms with Gasteiger partial charge in [0.2, 0.25) is 0 Å². The zero-order valence-corrected chi connectivity index (χ0v) is 36.1. The number of esters is 2. The number of phosphoric ester groups is 1. The van der Waals surface area contributed by atoms with Gasteiger partial charge in [0.25, 0.3) is 0 Å². The monoisotopic (exact) mass is 773 g/mol. The van der Waals surface area contributed by atoms with Crippen LogP contribution >= 0.6 is 7.82 Å². The summed E-state index contributed by atoms with van der Waals surface area (Å²) in [5, 5.41) is 0. The van der Waals surface area contributed by atoms with E-state index in [0.29, 0.717) is 25.7 Å². The van der Waals surface area contributed by atoms with E-state index in [4.69, 9.17) is 23.0 Å². The second-order valence-corrected chi connectivity index (χ2v) is 16.6. The number of rotatable bonds is 42. The lowest BCUT2D eigenvalue weighted by molar-refractivity contribution is -0.170. The largest absolute Gasteiger partial charge is 0.475 e. The van der Waals surface area contributed by atoms with Crippen LogP contribution in [0.25, 0.3) is 0 Å². The summed E-state index contributed by atoms with van der Waals surface area (Å²) in [5.41, 5.74) is 0. The first-order valence-corrected chi connectivity index (χ1v) is 23.8. The van der Waals surface area contributed by atoms with Gasteiger partial charge in [0.05, 0.1) is 19.8 Å². The third-order valence-corrected chi connectivity index (χ3v) is 11.2. The molecule has 0 aliphatic rings. The number of carbonyl (C=O) groups is 2. The normalized spacial score (nSPS) is 13.7. The molecule has 314 valence electrons. The molecule has 0 saturated heterocycles. The predicted octanol–water partition coefficient (Wildman–Crippen LogP) is 14.3. The van der Waals surface area contributed by atoms with E-state index in [1.807, 2.05) is 6.92 Å². The van der Waals surface area contributed by atoms with E-state index >= 15 is 0 Å². The van der Waals surface area contributed by atoms with Gasteiger partial charge in [-0.25, -0.2) is 4.57 Å². The van der Waals surface area contributed by atoms with Gasteiger partial charge in [0.15, 0.2) is 0 Å². The quantitative estimate of drug-likeness (QED) is 0.0262. The maximum atomic E-state index is 13.3. The molecular weight excluding hydrogens is 687 g/mol. The highest BCUT2D eigenvalue weighted by Crippen LogP contribution is 2.49. The Morgan fingerprint density at radius 3 is 1.23 bits per heavy atom. The van der Waals surface area contributed by atoms with Crippen molar-refractivity contribution in [3.8, 4) is 0 Å². The molecule has 0 aromatic carbocycles. The van der Waals surface area contributed by atoms with Gasteiger partial charge < -0.3 is 9.47 Å². The van der Waals surface area contributed by atoms with Gasteiger partial charge in [0.1, 0.15) is 12.2 Å². The van der Waals surface area contributed by atoms with Gasteiger partial charge in [-0.15, -0.1) is 6.58 Å². The van der Waals surface area contributed by atoms with Crippen LogP contribution in [0.3, 0.4) is 0 Å². The van der Waals surface area contributed by atoms with Crippen LogP contribution in [-0.4, -0.2) is 44.0 Å². The van der Waals surface area contributed by atoms with E-state index in [-0.39, 0.29) is 38.2 Å². The molecule has 0 bridgehead atoms. The lowest BCUT2D eigenvalue weighted by Gasteiger charge is -2.28. The maximum Gasteiger partial charge on any atom is 0.475 e. The zero-order chi connectivity index (χ0) is 39.1. The zero-order valence-electron chi connectivity index (χ0n) is 35.2. The van der Waals surface area contributed by atoms with E-state index in [1.165, 1.54) is 115 Å². The first kappa shape index (κ1) is 51.8. The fourth-order valence-corrected chi connectivity index (χ4v) is 7.72. The molecule has 0 fully saturated rings. The fourth-order valence-electron chi connectivity index (χ4n) is 6.48. The first-order chi connectivity index (χ1) is 25.9. The number of hydrogen-bond donors (Lipinski definition) is 0. The van der Waals surface area contributed by atoms with Crippen LogP contribution in [0.2, 0.25) is 0 Å². The van der Waals surface area contributed by atoms with Crippen molar-refractivity contribution >= 4 is 19.8 Å². The first-order valence-electron chi connectivity index (χ1n) is 22.4. The van der Waals surface area contributed by atoms with Crippen LogP contribution in [0, 0.1) is 0 Å². The molecule has 0 amide bonds. The van der Waals surface area contributed by atoms with Crippen LogP contribution in [-0.2, 0) is 37.2 Å². The maximum absolute atomic E-state index is 13.3. The van der Waals surface area contributed by atoms with Gasteiger partial charge in [-0.3, -0.25) is 23.2 Å². The molecule has 3 atom stereocenters. The van der Waals surface area contributed by atoms with Gasteiger partial charge >= 0.3 is 19.8 Å². The number of carbonyl (C=O) groups excluding carboxylic acids is 2. The van der Waals surface area contributed by atoms with Crippen molar-refractivity contribution in [2.45, 2.75) is 239 Å². The molecule has 9 heteroatoms. The van der Waals surface area contributed by atoms with Gasteiger partial charge in [0, 0.05) is 19.3 Å². The molecule has 0 aliphatic carbocycles. The number of hydrogen-bond acceptors (Lipinski definition) is 8. The van der Waals surface area contributed by atoms with Crippen LogP contribution in [0.1, 0.15) is 227 Å². The van der Waals surface area contributed by atoms with Crippen molar-refractivity contribution in [2.75, 3.05) is 19.8 Å². The average molecular weight is 773 g/mol. The molecule has 0 aliphatic heterocycles. The highest BCUT2D eigenvalue weighted by Gasteiger charge is 2.31. The van der Waals surface area contributed by atoms with Crippen molar-refractivity contribution in [2.24, 2.45) is 0 Å². The molecule has 0 radical (unpaired) electrons. The standard InChI is InChI=1S/C44H85O8P/c1-6-11-14-17-20-23-24-27-30-33-36-44(46)52-42(37-40-50-53(47,48-38-9-4)49-39-10-5)41(34-31-28-25-21-18-15-12-7-2)51-43(45)35-32-29-26-22-19-16-13-8-3/h9,41-42H,4,6-8,10-40H2,1-3,5H3. The Morgan fingerprint density at radius 2 is 0.830 bits per heavy atom. The summed E-state index contributed by atoms with van der Waals surface area (Å²) in [7, 11) is -3.83. The molecule has 0 aromatic heterocycles. The summed E-state index contributed by atoms with van der Waals surface area (Å²) in [5.74, 6) is -0.536. The molecule has 0 aromatic rings. The Bertz CT molecular complexity index is 881. The Labute approximate surface area is 327 Å². The van der Waals surface area contributed by atoms with E-state index < -0.39 is 20.0 Å². The van der Waals surface area contributed by atoms with Crippen LogP contribution < -0.4 is 0 Å². The second-order valence-electron chi connectivity index (χ2n) is 15.0. The molecule has 0 N–H and O–H groups in total. The van der Waals surface area contributed by atoms with Crippen molar-refractivity contribution in [3.05, 3.63) is 12.7 Å². The highest BCUT2D eigenvalue weighted by molar-refractivity contribution is 7.48. The molecule has 3 unspecified atom stereocenters. The second kappa shape index (κ2) is 39.0. The summed E-state index contributed by atoms with van der Waals surface area (Å²) in [6.07, 6.45) is 32.7. The number of unbranched alkanes of at least 4 members (excludes halogenated alkanes) is 23. The van der Waals surface area contributed by atoms with Crippen LogP contribution in [0.5, 0.6) is 0 Å². The van der Waals surface area contributed by atoms with E-state index in [1.54, 1.807) is 0 Å². The SMILES string of the molecule is C=CCOP(=O)(OCCC)OCCC(OC(=O)CCCCCCCCCCCC)C(CCCCCCCCCC)OC(=O)CCCCCCCCCC. The molecule has 8 nitrogen and oxygen atoms in total. The lowest BCUT2D eigenvalue weighted by Crippen LogP contribution is -2.36. The molecule has 53 heavy (non-hydrogen) atoms. The van der Waals surface area contributed by atoms with Crippen molar-refractivity contribution < 1.29 is 37.2 Å². The number of phosphoric acid groups is 1. The number of ether oxygens (including phenoxy) is 2. The molecular formula is C44H85O8P. The minimum Gasteiger partial charge on any atom is -0.458 e. The Balaban J connectivity index is 5.47. The van der Waals surface area contributed by atoms with Crippen LogP contribution in [0.15, 0.2) is 12.7 Å². The summed E-state index contributed by atoms with van der Waals surface area (Å²) in [6.45, 7) is 12.5. The third-order valence-electron chi connectivity index (χ3n) is 9.75. The van der Waals surface area contributed by atoms with Crippen molar-refractivity contribution in [1.82, 2.24) is 0 Å². The van der Waals surface area contributed by atoms with Crippen LogP contribution in [0.4, 0.5) is 0 Å². The average Bonchev–Trinajstić information content (AvgIpc) is 3.15.